The molecule has 114 valence electrons. The zero-order valence-electron chi connectivity index (χ0n) is 11.7. The minimum atomic E-state index is -4.49. The summed E-state index contributed by atoms with van der Waals surface area (Å²) in [4.78, 5) is 0. The van der Waals surface area contributed by atoms with Crippen LogP contribution in [0, 0.1) is 0 Å². The fourth-order valence-electron chi connectivity index (χ4n) is 2.46. The first-order chi connectivity index (χ1) is 10.5. The zero-order chi connectivity index (χ0) is 15.7. The minimum absolute atomic E-state index is 0.0148. The van der Waals surface area contributed by atoms with Gasteiger partial charge in [0.15, 0.2) is 0 Å². The van der Waals surface area contributed by atoms with E-state index in [9.17, 15) is 13.2 Å². The van der Waals surface area contributed by atoms with E-state index in [0.717, 1.165) is 11.1 Å². The molecule has 0 atom stereocenters. The van der Waals surface area contributed by atoms with Gasteiger partial charge in [0.2, 0.25) is 0 Å². The second-order valence-electron chi connectivity index (χ2n) is 4.80. The average Bonchev–Trinajstić information content (AvgIpc) is 3.13. The van der Waals surface area contributed by atoms with E-state index in [4.69, 9.17) is 0 Å². The van der Waals surface area contributed by atoms with Crippen molar-refractivity contribution >= 4 is 0 Å². The van der Waals surface area contributed by atoms with Crippen molar-refractivity contribution in [1.82, 2.24) is 20.4 Å². The van der Waals surface area contributed by atoms with Crippen LogP contribution in [0.3, 0.4) is 0 Å². The van der Waals surface area contributed by atoms with Crippen LogP contribution in [0.4, 0.5) is 13.2 Å². The zero-order valence-corrected chi connectivity index (χ0v) is 11.7. The largest absolute Gasteiger partial charge is 0.433 e. The number of benzene rings is 1. The van der Waals surface area contributed by atoms with E-state index in [-0.39, 0.29) is 5.56 Å². The van der Waals surface area contributed by atoms with Gasteiger partial charge in [-0.25, -0.2) is 0 Å². The fraction of sp³-hybridized carbons (Fsp3) is 0.200. The normalized spacial score (nSPS) is 11.8. The highest BCUT2D eigenvalue weighted by Crippen LogP contribution is 2.38. The highest BCUT2D eigenvalue weighted by atomic mass is 19.4. The van der Waals surface area contributed by atoms with Gasteiger partial charge >= 0.3 is 6.18 Å². The van der Waals surface area contributed by atoms with Crippen LogP contribution < -0.4 is 0 Å². The number of hydrogen-bond donors (Lipinski definition) is 2. The molecule has 0 saturated carbocycles. The number of H-pyrrole nitrogens is 2. The maximum atomic E-state index is 13.0. The summed E-state index contributed by atoms with van der Waals surface area (Å²) < 4.78 is 39.1. The van der Waals surface area contributed by atoms with Crippen LogP contribution in [-0.2, 0) is 12.6 Å². The van der Waals surface area contributed by atoms with Gasteiger partial charge in [0, 0.05) is 11.1 Å². The Morgan fingerprint density at radius 1 is 1.09 bits per heavy atom. The van der Waals surface area contributed by atoms with Crippen molar-refractivity contribution < 1.29 is 13.2 Å². The molecule has 3 rings (SSSR count). The molecule has 4 nitrogen and oxygen atoms in total. The summed E-state index contributed by atoms with van der Waals surface area (Å²) in [5.74, 6) is 0. The predicted molar refractivity (Wildman–Crippen MR) is 76.0 cm³/mol. The van der Waals surface area contributed by atoms with Crippen molar-refractivity contribution in [2.75, 3.05) is 0 Å². The van der Waals surface area contributed by atoms with E-state index >= 15 is 0 Å². The van der Waals surface area contributed by atoms with Gasteiger partial charge in [-0.3, -0.25) is 10.2 Å². The van der Waals surface area contributed by atoms with E-state index in [1.165, 1.54) is 6.20 Å². The Labute approximate surface area is 124 Å². The number of halogens is 3. The second-order valence-corrected chi connectivity index (χ2v) is 4.80. The molecule has 0 saturated heterocycles. The molecule has 2 heterocycles. The molecule has 2 N–H and O–H groups in total. The number of aromatic nitrogens is 4. The van der Waals surface area contributed by atoms with E-state index < -0.39 is 11.9 Å². The van der Waals surface area contributed by atoms with Gasteiger partial charge in [0.05, 0.1) is 23.1 Å². The summed E-state index contributed by atoms with van der Waals surface area (Å²) in [6, 6.07) is 9.35. The standard InChI is InChI=1S/C15H13F3N4/c1-2-10-12(9-6-4-3-5-7-9)20-21-13(10)11-8-19-22-14(11)15(16,17)18/h3-8H,2H2,1H3,(H,19,22)(H,20,21). The third-order valence-corrected chi connectivity index (χ3v) is 3.46. The number of nitrogens with one attached hydrogen (secondary N) is 2. The molecular formula is C15H13F3N4. The SMILES string of the molecule is CCc1c(-c2ccccc2)n[nH]c1-c1cn[nH]c1C(F)(F)F. The summed E-state index contributed by atoms with van der Waals surface area (Å²) in [5.41, 5.74) is 1.72. The lowest BCUT2D eigenvalue weighted by Crippen LogP contribution is -2.07. The van der Waals surface area contributed by atoms with E-state index in [1.807, 2.05) is 42.4 Å². The molecule has 0 fully saturated rings. The molecule has 3 aromatic rings. The van der Waals surface area contributed by atoms with Gasteiger partial charge in [0.25, 0.3) is 0 Å². The molecule has 7 heteroatoms. The van der Waals surface area contributed by atoms with E-state index in [1.54, 1.807) is 0 Å². The lowest BCUT2D eigenvalue weighted by Gasteiger charge is -2.07. The van der Waals surface area contributed by atoms with Crippen molar-refractivity contribution in [1.29, 1.82) is 0 Å². The highest BCUT2D eigenvalue weighted by molar-refractivity contribution is 5.75. The van der Waals surface area contributed by atoms with Crippen molar-refractivity contribution in [3.8, 4) is 22.5 Å². The first-order valence-electron chi connectivity index (χ1n) is 6.76. The van der Waals surface area contributed by atoms with Crippen LogP contribution in [0.5, 0.6) is 0 Å². The Bertz CT molecular complexity index is 772. The van der Waals surface area contributed by atoms with Crippen molar-refractivity contribution in [2.45, 2.75) is 19.5 Å². The summed E-state index contributed by atoms with van der Waals surface area (Å²) >= 11 is 0. The number of nitrogens with zero attached hydrogens (tertiary/aromatic N) is 2. The molecule has 0 spiro atoms. The Hall–Kier alpha value is -2.57. The average molecular weight is 306 g/mol. The number of hydrogen-bond acceptors (Lipinski definition) is 2. The number of aromatic amines is 2. The maximum Gasteiger partial charge on any atom is 0.433 e. The summed E-state index contributed by atoms with van der Waals surface area (Å²) in [6.45, 7) is 1.88. The molecule has 0 radical (unpaired) electrons. The predicted octanol–water partition coefficient (Wildman–Crippen LogP) is 4.05. The first-order valence-corrected chi connectivity index (χ1v) is 6.76. The molecule has 0 bridgehead atoms. The second kappa shape index (κ2) is 5.32. The van der Waals surface area contributed by atoms with Crippen molar-refractivity contribution in [3.05, 3.63) is 47.8 Å². The summed E-state index contributed by atoms with van der Waals surface area (Å²) in [6.07, 6.45) is -2.77. The first kappa shape index (κ1) is 14.4. The van der Waals surface area contributed by atoms with Gasteiger partial charge < -0.3 is 0 Å². The van der Waals surface area contributed by atoms with Gasteiger partial charge in [-0.15, -0.1) is 0 Å². The topological polar surface area (TPSA) is 57.4 Å². The Morgan fingerprint density at radius 3 is 2.45 bits per heavy atom. The lowest BCUT2D eigenvalue weighted by atomic mass is 10.0. The van der Waals surface area contributed by atoms with Crippen LogP contribution >= 0.6 is 0 Å². The van der Waals surface area contributed by atoms with E-state index in [2.05, 4.69) is 15.3 Å². The minimum Gasteiger partial charge on any atom is -0.277 e. The molecule has 0 amide bonds. The third kappa shape index (κ3) is 2.38. The Morgan fingerprint density at radius 2 is 1.82 bits per heavy atom. The molecule has 0 aliphatic rings. The van der Waals surface area contributed by atoms with Crippen LogP contribution in [-0.4, -0.2) is 20.4 Å². The summed E-state index contributed by atoms with van der Waals surface area (Å²) in [7, 11) is 0. The van der Waals surface area contributed by atoms with Gasteiger partial charge in [-0.05, 0) is 6.42 Å². The highest BCUT2D eigenvalue weighted by Gasteiger charge is 2.37. The number of rotatable bonds is 3. The van der Waals surface area contributed by atoms with Gasteiger partial charge in [-0.2, -0.15) is 23.4 Å². The molecule has 2 aromatic heterocycles. The monoisotopic (exact) mass is 306 g/mol. The molecule has 0 aliphatic heterocycles. The molecule has 1 aromatic carbocycles. The van der Waals surface area contributed by atoms with Crippen LogP contribution in [0.15, 0.2) is 36.5 Å². The van der Waals surface area contributed by atoms with E-state index in [0.29, 0.717) is 17.8 Å². The third-order valence-electron chi connectivity index (χ3n) is 3.46. The van der Waals surface area contributed by atoms with Crippen molar-refractivity contribution in [3.63, 3.8) is 0 Å². The van der Waals surface area contributed by atoms with Crippen LogP contribution in [0.25, 0.3) is 22.5 Å². The summed E-state index contributed by atoms with van der Waals surface area (Å²) in [5, 5.41) is 12.5. The lowest BCUT2D eigenvalue weighted by molar-refractivity contribution is -0.140. The Kier molecular flexibility index (Phi) is 3.48. The molecule has 0 unspecified atom stereocenters. The smallest absolute Gasteiger partial charge is 0.277 e. The van der Waals surface area contributed by atoms with Crippen molar-refractivity contribution in [2.24, 2.45) is 0 Å². The van der Waals surface area contributed by atoms with Crippen LogP contribution in [0.1, 0.15) is 18.2 Å². The van der Waals surface area contributed by atoms with Gasteiger partial charge in [0.1, 0.15) is 5.69 Å². The maximum absolute atomic E-state index is 13.0. The number of alkyl halides is 3. The quantitative estimate of drug-likeness (QED) is 0.767. The van der Waals surface area contributed by atoms with Crippen LogP contribution in [0.2, 0.25) is 0 Å². The molecule has 22 heavy (non-hydrogen) atoms. The molecule has 0 aliphatic carbocycles. The van der Waals surface area contributed by atoms with Gasteiger partial charge in [-0.1, -0.05) is 37.3 Å². The Balaban J connectivity index is 2.15. The molecular weight excluding hydrogens is 293 g/mol. The fourth-order valence-corrected chi connectivity index (χ4v) is 2.46.